The zero-order valence-corrected chi connectivity index (χ0v) is 6.50. The van der Waals surface area contributed by atoms with Gasteiger partial charge in [-0.05, 0) is 13.0 Å². The largest absolute Gasteiger partial charge is 0.330 e. The van der Waals surface area contributed by atoms with Gasteiger partial charge in [0, 0.05) is 18.8 Å². The van der Waals surface area contributed by atoms with Crippen molar-refractivity contribution in [1.82, 2.24) is 9.78 Å². The van der Waals surface area contributed by atoms with Crippen LogP contribution in [0.2, 0.25) is 0 Å². The molecule has 0 aliphatic carbocycles. The van der Waals surface area contributed by atoms with E-state index in [1.165, 1.54) is 6.20 Å². The molecule has 1 aromatic rings. The Balaban J connectivity index is 2.60. The number of aromatic nitrogens is 2. The van der Waals surface area contributed by atoms with E-state index < -0.39 is 6.17 Å². The smallest absolute Gasteiger partial charge is 0.129 e. The highest BCUT2D eigenvalue weighted by molar-refractivity contribution is 5.07. The predicted octanol–water partition coefficient (Wildman–Crippen LogP) is 0.780. The summed E-state index contributed by atoms with van der Waals surface area (Å²) in [6.07, 6.45) is 2.60. The molecular weight excluding hydrogens is 145 g/mol. The molecule has 1 aromatic heterocycles. The second-order valence-corrected chi connectivity index (χ2v) is 2.49. The van der Waals surface area contributed by atoms with Gasteiger partial charge in [-0.1, -0.05) is 0 Å². The van der Waals surface area contributed by atoms with Crippen molar-refractivity contribution in [1.29, 1.82) is 0 Å². The van der Waals surface area contributed by atoms with Crippen molar-refractivity contribution in [3.05, 3.63) is 18.0 Å². The molecule has 0 aliphatic rings. The first-order valence-electron chi connectivity index (χ1n) is 3.56. The van der Waals surface area contributed by atoms with E-state index in [0.29, 0.717) is 18.5 Å². The molecule has 0 radical (unpaired) electrons. The Morgan fingerprint density at radius 1 is 1.82 bits per heavy atom. The Labute approximate surface area is 65.0 Å². The normalized spacial score (nSPS) is 13.4. The molecule has 4 heteroatoms. The topological polar surface area (TPSA) is 43.8 Å². The molecule has 0 spiro atoms. The lowest BCUT2D eigenvalue weighted by Gasteiger charge is -2.01. The van der Waals surface area contributed by atoms with Crippen molar-refractivity contribution in [2.24, 2.45) is 12.8 Å². The summed E-state index contributed by atoms with van der Waals surface area (Å²) >= 11 is 0. The summed E-state index contributed by atoms with van der Waals surface area (Å²) in [7, 11) is 1.76. The molecule has 0 bridgehead atoms. The highest BCUT2D eigenvalue weighted by Gasteiger charge is 2.09. The van der Waals surface area contributed by atoms with Crippen molar-refractivity contribution in [2.45, 2.75) is 12.6 Å². The van der Waals surface area contributed by atoms with Crippen LogP contribution < -0.4 is 5.73 Å². The summed E-state index contributed by atoms with van der Waals surface area (Å²) in [4.78, 5) is 0. The van der Waals surface area contributed by atoms with Crippen molar-refractivity contribution < 1.29 is 4.39 Å². The van der Waals surface area contributed by atoms with Gasteiger partial charge in [-0.25, -0.2) is 4.39 Å². The molecule has 1 atom stereocenters. The van der Waals surface area contributed by atoms with Crippen LogP contribution in [0, 0.1) is 0 Å². The van der Waals surface area contributed by atoms with Gasteiger partial charge in [-0.2, -0.15) is 5.10 Å². The molecule has 0 saturated carbocycles. The average Bonchev–Trinajstić information content (AvgIpc) is 2.36. The molecule has 1 rings (SSSR count). The Bertz CT molecular complexity index is 221. The number of nitrogens with two attached hydrogens (primary N) is 1. The molecule has 0 aliphatic heterocycles. The summed E-state index contributed by atoms with van der Waals surface area (Å²) in [6.45, 7) is 0.371. The Morgan fingerprint density at radius 2 is 2.55 bits per heavy atom. The maximum Gasteiger partial charge on any atom is 0.129 e. The van der Waals surface area contributed by atoms with Gasteiger partial charge in [0.1, 0.15) is 6.17 Å². The molecule has 0 fully saturated rings. The van der Waals surface area contributed by atoms with E-state index in [1.807, 2.05) is 0 Å². The van der Waals surface area contributed by atoms with Gasteiger partial charge in [0.2, 0.25) is 0 Å². The molecule has 1 unspecified atom stereocenters. The molecule has 3 nitrogen and oxygen atoms in total. The summed E-state index contributed by atoms with van der Waals surface area (Å²) in [5, 5.41) is 3.86. The van der Waals surface area contributed by atoms with Gasteiger partial charge in [0.25, 0.3) is 0 Å². The van der Waals surface area contributed by atoms with Crippen LogP contribution in [0.25, 0.3) is 0 Å². The minimum Gasteiger partial charge on any atom is -0.330 e. The van der Waals surface area contributed by atoms with E-state index in [1.54, 1.807) is 17.9 Å². The maximum atomic E-state index is 13.0. The number of hydrogen-bond acceptors (Lipinski definition) is 2. The van der Waals surface area contributed by atoms with Crippen LogP contribution in [-0.2, 0) is 7.05 Å². The van der Waals surface area contributed by atoms with Gasteiger partial charge in [0.05, 0.1) is 6.20 Å². The Kier molecular flexibility index (Phi) is 2.59. The molecule has 11 heavy (non-hydrogen) atoms. The second kappa shape index (κ2) is 3.48. The van der Waals surface area contributed by atoms with Crippen molar-refractivity contribution in [2.75, 3.05) is 6.54 Å². The fourth-order valence-electron chi connectivity index (χ4n) is 0.915. The predicted molar refractivity (Wildman–Crippen MR) is 40.7 cm³/mol. The Morgan fingerprint density at radius 3 is 3.00 bits per heavy atom. The summed E-state index contributed by atoms with van der Waals surface area (Å²) < 4.78 is 14.6. The van der Waals surface area contributed by atoms with Crippen LogP contribution >= 0.6 is 0 Å². The van der Waals surface area contributed by atoms with Crippen molar-refractivity contribution >= 4 is 0 Å². The fourth-order valence-corrected chi connectivity index (χ4v) is 0.915. The van der Waals surface area contributed by atoms with E-state index in [4.69, 9.17) is 5.73 Å². The van der Waals surface area contributed by atoms with E-state index in [-0.39, 0.29) is 0 Å². The zero-order chi connectivity index (χ0) is 8.27. The van der Waals surface area contributed by atoms with Crippen LogP contribution in [0.5, 0.6) is 0 Å². The molecule has 0 saturated heterocycles. The quantitative estimate of drug-likeness (QED) is 0.704. The van der Waals surface area contributed by atoms with E-state index >= 15 is 0 Å². The first kappa shape index (κ1) is 8.20. The molecule has 0 amide bonds. The molecule has 0 aromatic carbocycles. The number of alkyl halides is 1. The van der Waals surface area contributed by atoms with Crippen molar-refractivity contribution in [3.63, 3.8) is 0 Å². The number of halogens is 1. The molecular formula is C7H12FN3. The monoisotopic (exact) mass is 157 g/mol. The van der Waals surface area contributed by atoms with E-state index in [0.717, 1.165) is 0 Å². The average molecular weight is 157 g/mol. The summed E-state index contributed by atoms with van der Waals surface area (Å²) in [6, 6.07) is 0. The molecule has 62 valence electrons. The van der Waals surface area contributed by atoms with Gasteiger partial charge in [-0.3, -0.25) is 4.68 Å². The molecule has 2 N–H and O–H groups in total. The lowest BCUT2D eigenvalue weighted by molar-refractivity contribution is 0.327. The van der Waals surface area contributed by atoms with Crippen LogP contribution in [0.4, 0.5) is 4.39 Å². The maximum absolute atomic E-state index is 13.0. The number of rotatable bonds is 3. The van der Waals surface area contributed by atoms with Crippen LogP contribution in [0.3, 0.4) is 0 Å². The van der Waals surface area contributed by atoms with Gasteiger partial charge < -0.3 is 5.73 Å². The lowest BCUT2D eigenvalue weighted by Crippen LogP contribution is -2.02. The standard InChI is InChI=1S/C7H12FN3/c1-11-5-6(4-10-11)7(8)2-3-9/h4-5,7H,2-3,9H2,1H3. The second-order valence-electron chi connectivity index (χ2n) is 2.49. The summed E-state index contributed by atoms with van der Waals surface area (Å²) in [5.74, 6) is 0. The van der Waals surface area contributed by atoms with Crippen LogP contribution in [0.15, 0.2) is 12.4 Å². The third-order valence-corrected chi connectivity index (χ3v) is 1.51. The highest BCUT2D eigenvalue weighted by Crippen LogP contribution is 2.18. The minimum absolute atomic E-state index is 0.367. The van der Waals surface area contributed by atoms with Gasteiger partial charge in [-0.15, -0.1) is 0 Å². The molecule has 1 heterocycles. The number of nitrogens with zero attached hydrogens (tertiary/aromatic N) is 2. The van der Waals surface area contributed by atoms with Gasteiger partial charge >= 0.3 is 0 Å². The van der Waals surface area contributed by atoms with Crippen LogP contribution in [0.1, 0.15) is 18.2 Å². The fraction of sp³-hybridized carbons (Fsp3) is 0.571. The van der Waals surface area contributed by atoms with Crippen LogP contribution in [-0.4, -0.2) is 16.3 Å². The summed E-state index contributed by atoms with van der Waals surface area (Å²) in [5.41, 5.74) is 5.82. The van der Waals surface area contributed by atoms with Gasteiger partial charge in [0.15, 0.2) is 0 Å². The first-order chi connectivity index (χ1) is 5.24. The third-order valence-electron chi connectivity index (χ3n) is 1.51. The minimum atomic E-state index is -0.964. The number of aryl methyl sites for hydroxylation is 1. The third kappa shape index (κ3) is 2.01. The zero-order valence-electron chi connectivity index (χ0n) is 6.50. The van der Waals surface area contributed by atoms with E-state index in [2.05, 4.69) is 5.10 Å². The SMILES string of the molecule is Cn1cc(C(F)CCN)cn1. The Hall–Kier alpha value is -0.900. The number of hydrogen-bond donors (Lipinski definition) is 1. The van der Waals surface area contributed by atoms with Crippen molar-refractivity contribution in [3.8, 4) is 0 Å². The van der Waals surface area contributed by atoms with E-state index in [9.17, 15) is 4.39 Å². The lowest BCUT2D eigenvalue weighted by atomic mass is 10.2. The first-order valence-corrected chi connectivity index (χ1v) is 3.56. The highest BCUT2D eigenvalue weighted by atomic mass is 19.1.